The smallest absolute Gasteiger partial charge is 0.311 e. The van der Waals surface area contributed by atoms with Crippen LogP contribution in [0, 0.1) is 5.92 Å². The average Bonchev–Trinajstić information content (AvgIpc) is 2.56. The highest BCUT2D eigenvalue weighted by molar-refractivity contribution is 5.72. The van der Waals surface area contributed by atoms with Gasteiger partial charge in [0.2, 0.25) is 0 Å². The highest BCUT2D eigenvalue weighted by Gasteiger charge is 2.05. The summed E-state index contributed by atoms with van der Waals surface area (Å²) in [5.41, 5.74) is 0. The number of esters is 2. The summed E-state index contributed by atoms with van der Waals surface area (Å²) in [6, 6.07) is 9.15. The Bertz CT molecular complexity index is 468. The topological polar surface area (TPSA) is 52.6 Å². The van der Waals surface area contributed by atoms with Crippen LogP contribution in [0.5, 0.6) is 5.75 Å². The van der Waals surface area contributed by atoms with Gasteiger partial charge in [-0.1, -0.05) is 57.7 Å². The average molecular weight is 334 g/mol. The lowest BCUT2D eigenvalue weighted by molar-refractivity contribution is -0.144. The van der Waals surface area contributed by atoms with Crippen molar-refractivity contribution in [3.05, 3.63) is 30.3 Å². The fourth-order valence-electron chi connectivity index (χ4n) is 2.25. The zero-order chi connectivity index (χ0) is 17.6. The number of rotatable bonds is 12. The second-order valence-corrected chi connectivity index (χ2v) is 6.49. The number of ether oxygens (including phenoxy) is 2. The SMILES string of the molecule is CC(C)COC(=O)CCCCCCCCC(=O)Oc1ccccc1. The van der Waals surface area contributed by atoms with Crippen molar-refractivity contribution in [2.75, 3.05) is 6.61 Å². The molecule has 0 heterocycles. The van der Waals surface area contributed by atoms with Crippen molar-refractivity contribution in [1.29, 1.82) is 0 Å². The first-order chi connectivity index (χ1) is 11.6. The van der Waals surface area contributed by atoms with Crippen LogP contribution in [-0.2, 0) is 14.3 Å². The van der Waals surface area contributed by atoms with Crippen LogP contribution in [0.3, 0.4) is 0 Å². The Morgan fingerprint density at radius 3 is 1.96 bits per heavy atom. The van der Waals surface area contributed by atoms with Gasteiger partial charge in [0.25, 0.3) is 0 Å². The van der Waals surface area contributed by atoms with Crippen molar-refractivity contribution >= 4 is 11.9 Å². The van der Waals surface area contributed by atoms with E-state index in [9.17, 15) is 9.59 Å². The molecule has 0 amide bonds. The Morgan fingerprint density at radius 2 is 1.38 bits per heavy atom. The molecule has 0 fully saturated rings. The van der Waals surface area contributed by atoms with Gasteiger partial charge in [-0.05, 0) is 30.9 Å². The fourth-order valence-corrected chi connectivity index (χ4v) is 2.25. The molecule has 0 aliphatic rings. The summed E-state index contributed by atoms with van der Waals surface area (Å²) in [6.45, 7) is 4.57. The molecule has 1 rings (SSSR count). The minimum atomic E-state index is -0.172. The Hall–Kier alpha value is -1.84. The normalized spacial score (nSPS) is 10.6. The van der Waals surface area contributed by atoms with E-state index in [1.54, 1.807) is 12.1 Å². The number of benzene rings is 1. The van der Waals surface area contributed by atoms with Crippen molar-refractivity contribution in [3.63, 3.8) is 0 Å². The van der Waals surface area contributed by atoms with E-state index in [1.165, 1.54) is 0 Å². The lowest BCUT2D eigenvalue weighted by Gasteiger charge is -2.07. The fraction of sp³-hybridized carbons (Fsp3) is 0.600. The van der Waals surface area contributed by atoms with Crippen molar-refractivity contribution in [1.82, 2.24) is 0 Å². The summed E-state index contributed by atoms with van der Waals surface area (Å²) < 4.78 is 10.4. The van der Waals surface area contributed by atoms with E-state index in [-0.39, 0.29) is 11.9 Å². The van der Waals surface area contributed by atoms with E-state index in [1.807, 2.05) is 32.0 Å². The maximum atomic E-state index is 11.7. The van der Waals surface area contributed by atoms with Crippen LogP contribution in [0.4, 0.5) is 0 Å². The Balaban J connectivity index is 1.91. The summed E-state index contributed by atoms with van der Waals surface area (Å²) in [5.74, 6) is 0.732. The second kappa shape index (κ2) is 12.6. The molecule has 4 nitrogen and oxygen atoms in total. The molecule has 1 aromatic rings. The standard InChI is InChI=1S/C20H30O4/c1-17(2)16-23-19(21)14-10-5-3-4-6-11-15-20(22)24-18-12-8-7-9-13-18/h7-9,12-13,17H,3-6,10-11,14-16H2,1-2H3. The molecule has 0 bridgehead atoms. The molecule has 0 radical (unpaired) electrons. The van der Waals surface area contributed by atoms with E-state index in [0.717, 1.165) is 38.5 Å². The number of carbonyl (C=O) groups excluding carboxylic acids is 2. The highest BCUT2D eigenvalue weighted by Crippen LogP contribution is 2.12. The number of unbranched alkanes of at least 4 members (excludes halogenated alkanes) is 5. The minimum absolute atomic E-state index is 0.0904. The molecular weight excluding hydrogens is 304 g/mol. The quantitative estimate of drug-likeness (QED) is 0.309. The second-order valence-electron chi connectivity index (χ2n) is 6.49. The Morgan fingerprint density at radius 1 is 0.833 bits per heavy atom. The molecule has 0 saturated heterocycles. The molecule has 0 spiro atoms. The van der Waals surface area contributed by atoms with Crippen molar-refractivity contribution in [2.45, 2.75) is 65.2 Å². The molecule has 0 unspecified atom stereocenters. The molecule has 134 valence electrons. The molecule has 0 atom stereocenters. The third kappa shape index (κ3) is 10.8. The van der Waals surface area contributed by atoms with Crippen LogP contribution in [0.2, 0.25) is 0 Å². The molecule has 4 heteroatoms. The Kier molecular flexibility index (Phi) is 10.6. The molecule has 24 heavy (non-hydrogen) atoms. The van der Waals surface area contributed by atoms with Crippen LogP contribution < -0.4 is 4.74 Å². The highest BCUT2D eigenvalue weighted by atomic mass is 16.5. The largest absolute Gasteiger partial charge is 0.465 e. The predicted octanol–water partition coefficient (Wildman–Crippen LogP) is 4.91. The van der Waals surface area contributed by atoms with Gasteiger partial charge < -0.3 is 9.47 Å². The van der Waals surface area contributed by atoms with E-state index >= 15 is 0 Å². The van der Waals surface area contributed by atoms with Gasteiger partial charge in [-0.2, -0.15) is 0 Å². The summed E-state index contributed by atoms with van der Waals surface area (Å²) in [6.07, 6.45) is 6.92. The van der Waals surface area contributed by atoms with Gasteiger partial charge in [-0.25, -0.2) is 0 Å². The number of hydrogen-bond donors (Lipinski definition) is 0. The molecule has 0 N–H and O–H groups in total. The van der Waals surface area contributed by atoms with Crippen LogP contribution >= 0.6 is 0 Å². The van der Waals surface area contributed by atoms with Gasteiger partial charge in [0.15, 0.2) is 0 Å². The number of carbonyl (C=O) groups is 2. The lowest BCUT2D eigenvalue weighted by atomic mass is 10.1. The summed E-state index contributed by atoms with van der Waals surface area (Å²) in [4.78, 5) is 23.1. The third-order valence-corrected chi connectivity index (χ3v) is 3.56. The lowest BCUT2D eigenvalue weighted by Crippen LogP contribution is -2.09. The first-order valence-corrected chi connectivity index (χ1v) is 8.99. The molecular formula is C20H30O4. The van der Waals surface area contributed by atoms with Gasteiger partial charge in [-0.3, -0.25) is 9.59 Å². The molecule has 0 saturated carbocycles. The molecule has 0 aliphatic heterocycles. The van der Waals surface area contributed by atoms with E-state index in [0.29, 0.717) is 31.1 Å². The summed E-state index contributed by atoms with van der Waals surface area (Å²) in [7, 11) is 0. The minimum Gasteiger partial charge on any atom is -0.465 e. The zero-order valence-electron chi connectivity index (χ0n) is 15.0. The van der Waals surface area contributed by atoms with Crippen LogP contribution in [0.1, 0.15) is 65.2 Å². The first-order valence-electron chi connectivity index (χ1n) is 8.99. The van der Waals surface area contributed by atoms with Crippen LogP contribution in [0.25, 0.3) is 0 Å². The predicted molar refractivity (Wildman–Crippen MR) is 94.8 cm³/mol. The maximum absolute atomic E-state index is 11.7. The number of para-hydroxylation sites is 1. The van der Waals surface area contributed by atoms with Gasteiger partial charge in [0.05, 0.1) is 6.61 Å². The van der Waals surface area contributed by atoms with E-state index in [4.69, 9.17) is 9.47 Å². The van der Waals surface area contributed by atoms with Gasteiger partial charge in [-0.15, -0.1) is 0 Å². The van der Waals surface area contributed by atoms with Crippen LogP contribution in [-0.4, -0.2) is 18.5 Å². The van der Waals surface area contributed by atoms with Crippen molar-refractivity contribution in [2.24, 2.45) is 5.92 Å². The van der Waals surface area contributed by atoms with E-state index < -0.39 is 0 Å². The van der Waals surface area contributed by atoms with Crippen molar-refractivity contribution < 1.29 is 19.1 Å². The monoisotopic (exact) mass is 334 g/mol. The van der Waals surface area contributed by atoms with Crippen LogP contribution in [0.15, 0.2) is 30.3 Å². The Labute approximate surface area is 145 Å². The van der Waals surface area contributed by atoms with Crippen molar-refractivity contribution in [3.8, 4) is 5.75 Å². The third-order valence-electron chi connectivity index (χ3n) is 3.56. The zero-order valence-corrected chi connectivity index (χ0v) is 15.0. The molecule has 0 aromatic heterocycles. The summed E-state index contributed by atoms with van der Waals surface area (Å²) in [5, 5.41) is 0. The molecule has 1 aromatic carbocycles. The van der Waals surface area contributed by atoms with Gasteiger partial charge in [0, 0.05) is 12.8 Å². The summed E-state index contributed by atoms with van der Waals surface area (Å²) >= 11 is 0. The first kappa shape index (κ1) is 20.2. The van der Waals surface area contributed by atoms with Gasteiger partial charge in [0.1, 0.15) is 5.75 Å². The van der Waals surface area contributed by atoms with Gasteiger partial charge >= 0.3 is 11.9 Å². The molecule has 0 aliphatic carbocycles. The van der Waals surface area contributed by atoms with E-state index in [2.05, 4.69) is 0 Å². The number of hydrogen-bond acceptors (Lipinski definition) is 4. The maximum Gasteiger partial charge on any atom is 0.311 e.